The standard InChI is InChI=1S/C13H25NO/c14-8-7-13(15)12-6-5-10-3-1-2-4-11(10)9-12/h10-13,15H,1-9,14H2. The Balaban J connectivity index is 1.85. The Morgan fingerprint density at radius 3 is 2.53 bits per heavy atom. The summed E-state index contributed by atoms with van der Waals surface area (Å²) in [6.45, 7) is 0.631. The van der Waals surface area contributed by atoms with E-state index < -0.39 is 0 Å². The minimum absolute atomic E-state index is 0.127. The van der Waals surface area contributed by atoms with Crippen LogP contribution in [0, 0.1) is 17.8 Å². The molecular weight excluding hydrogens is 186 g/mol. The lowest BCUT2D eigenvalue weighted by Crippen LogP contribution is -2.34. The highest BCUT2D eigenvalue weighted by Gasteiger charge is 2.34. The molecule has 4 atom stereocenters. The molecule has 2 aliphatic carbocycles. The molecule has 0 spiro atoms. The topological polar surface area (TPSA) is 46.2 Å². The number of aliphatic hydroxyl groups is 1. The lowest BCUT2D eigenvalue weighted by atomic mass is 9.66. The van der Waals surface area contributed by atoms with Gasteiger partial charge < -0.3 is 10.8 Å². The van der Waals surface area contributed by atoms with Gasteiger partial charge in [0.15, 0.2) is 0 Å². The van der Waals surface area contributed by atoms with Gasteiger partial charge in [-0.1, -0.05) is 25.7 Å². The van der Waals surface area contributed by atoms with Crippen LogP contribution >= 0.6 is 0 Å². The van der Waals surface area contributed by atoms with Gasteiger partial charge in [0.25, 0.3) is 0 Å². The Bertz CT molecular complexity index is 195. The van der Waals surface area contributed by atoms with E-state index >= 15 is 0 Å². The van der Waals surface area contributed by atoms with Crippen LogP contribution in [0.25, 0.3) is 0 Å². The fourth-order valence-electron chi connectivity index (χ4n) is 3.67. The van der Waals surface area contributed by atoms with Gasteiger partial charge in [-0.2, -0.15) is 0 Å². The zero-order valence-electron chi connectivity index (χ0n) is 9.70. The first kappa shape index (κ1) is 11.4. The molecule has 0 heterocycles. The third kappa shape index (κ3) is 2.73. The summed E-state index contributed by atoms with van der Waals surface area (Å²) in [4.78, 5) is 0. The van der Waals surface area contributed by atoms with Crippen molar-refractivity contribution in [3.63, 3.8) is 0 Å². The lowest BCUT2D eigenvalue weighted by molar-refractivity contribution is 0.0326. The molecule has 0 aliphatic heterocycles. The van der Waals surface area contributed by atoms with Gasteiger partial charge in [-0.25, -0.2) is 0 Å². The lowest BCUT2D eigenvalue weighted by Gasteiger charge is -2.40. The number of aliphatic hydroxyl groups excluding tert-OH is 1. The predicted molar refractivity (Wildman–Crippen MR) is 62.5 cm³/mol. The summed E-state index contributed by atoms with van der Waals surface area (Å²) in [6.07, 6.45) is 10.3. The Kier molecular flexibility index (Phi) is 4.04. The van der Waals surface area contributed by atoms with Crippen molar-refractivity contribution in [1.29, 1.82) is 0 Å². The quantitative estimate of drug-likeness (QED) is 0.752. The fourth-order valence-corrected chi connectivity index (χ4v) is 3.67. The van der Waals surface area contributed by atoms with Crippen LogP contribution in [0.5, 0.6) is 0 Å². The molecule has 2 heteroatoms. The Hall–Kier alpha value is -0.0800. The summed E-state index contributed by atoms with van der Waals surface area (Å²) >= 11 is 0. The van der Waals surface area contributed by atoms with Crippen molar-refractivity contribution in [2.24, 2.45) is 23.5 Å². The number of nitrogens with two attached hydrogens (primary N) is 1. The first-order chi connectivity index (χ1) is 7.31. The Morgan fingerprint density at radius 1 is 1.07 bits per heavy atom. The van der Waals surface area contributed by atoms with Crippen molar-refractivity contribution in [3.05, 3.63) is 0 Å². The van der Waals surface area contributed by atoms with Crippen LogP contribution in [-0.4, -0.2) is 17.8 Å². The van der Waals surface area contributed by atoms with Gasteiger partial charge in [-0.3, -0.25) is 0 Å². The van der Waals surface area contributed by atoms with Crippen molar-refractivity contribution in [1.82, 2.24) is 0 Å². The maximum Gasteiger partial charge on any atom is 0.0580 e. The predicted octanol–water partition coefficient (Wildman–Crippen LogP) is 2.30. The van der Waals surface area contributed by atoms with Gasteiger partial charge in [0, 0.05) is 0 Å². The van der Waals surface area contributed by atoms with Crippen molar-refractivity contribution in [2.45, 2.75) is 57.5 Å². The first-order valence-corrected chi connectivity index (χ1v) is 6.69. The molecule has 2 fully saturated rings. The van der Waals surface area contributed by atoms with Gasteiger partial charge >= 0.3 is 0 Å². The normalized spacial score (nSPS) is 38.4. The molecule has 88 valence electrons. The maximum atomic E-state index is 9.98. The van der Waals surface area contributed by atoms with E-state index in [2.05, 4.69) is 0 Å². The molecule has 2 rings (SSSR count). The van der Waals surface area contributed by atoms with Gasteiger partial charge in [-0.05, 0) is 50.0 Å². The third-order valence-electron chi connectivity index (χ3n) is 4.59. The van der Waals surface area contributed by atoms with E-state index in [9.17, 15) is 5.11 Å². The average molecular weight is 211 g/mol. The molecule has 2 saturated carbocycles. The molecule has 0 amide bonds. The second-order valence-electron chi connectivity index (χ2n) is 5.52. The van der Waals surface area contributed by atoms with Crippen LogP contribution in [0.2, 0.25) is 0 Å². The second kappa shape index (κ2) is 5.31. The summed E-state index contributed by atoms with van der Waals surface area (Å²) < 4.78 is 0. The van der Waals surface area contributed by atoms with Crippen LogP contribution < -0.4 is 5.73 Å². The number of hydrogen-bond donors (Lipinski definition) is 2. The minimum Gasteiger partial charge on any atom is -0.393 e. The van der Waals surface area contributed by atoms with E-state index in [4.69, 9.17) is 5.73 Å². The van der Waals surface area contributed by atoms with Gasteiger partial charge in [-0.15, -0.1) is 0 Å². The highest BCUT2D eigenvalue weighted by atomic mass is 16.3. The van der Waals surface area contributed by atoms with Crippen molar-refractivity contribution in [2.75, 3.05) is 6.54 Å². The van der Waals surface area contributed by atoms with Gasteiger partial charge in [0.1, 0.15) is 0 Å². The summed E-state index contributed by atoms with van der Waals surface area (Å²) in [5.41, 5.74) is 5.51. The van der Waals surface area contributed by atoms with Crippen LogP contribution in [-0.2, 0) is 0 Å². The van der Waals surface area contributed by atoms with Gasteiger partial charge in [0.05, 0.1) is 6.10 Å². The van der Waals surface area contributed by atoms with Crippen LogP contribution in [0.1, 0.15) is 51.4 Å². The van der Waals surface area contributed by atoms with Crippen molar-refractivity contribution < 1.29 is 5.11 Å². The molecule has 0 radical (unpaired) electrons. The smallest absolute Gasteiger partial charge is 0.0580 e. The molecule has 15 heavy (non-hydrogen) atoms. The molecule has 0 aromatic carbocycles. The molecule has 3 N–H and O–H groups in total. The van der Waals surface area contributed by atoms with E-state index in [1.165, 1.54) is 44.9 Å². The van der Waals surface area contributed by atoms with Crippen LogP contribution in [0.3, 0.4) is 0 Å². The first-order valence-electron chi connectivity index (χ1n) is 6.69. The maximum absolute atomic E-state index is 9.98. The summed E-state index contributed by atoms with van der Waals surface area (Å²) in [5, 5.41) is 9.98. The van der Waals surface area contributed by atoms with E-state index in [-0.39, 0.29) is 6.10 Å². The highest BCUT2D eigenvalue weighted by Crippen LogP contribution is 2.43. The number of hydrogen-bond acceptors (Lipinski definition) is 2. The molecule has 4 unspecified atom stereocenters. The van der Waals surface area contributed by atoms with E-state index in [0.29, 0.717) is 12.5 Å². The Labute approximate surface area is 93.2 Å². The fraction of sp³-hybridized carbons (Fsp3) is 1.00. The second-order valence-corrected chi connectivity index (χ2v) is 5.52. The van der Waals surface area contributed by atoms with Crippen LogP contribution in [0.15, 0.2) is 0 Å². The van der Waals surface area contributed by atoms with E-state index in [1.807, 2.05) is 0 Å². The number of rotatable bonds is 3. The molecule has 2 aliphatic rings. The van der Waals surface area contributed by atoms with E-state index in [1.54, 1.807) is 0 Å². The molecular formula is C13H25NO. The Morgan fingerprint density at radius 2 is 1.80 bits per heavy atom. The van der Waals surface area contributed by atoms with Crippen LogP contribution in [0.4, 0.5) is 0 Å². The van der Waals surface area contributed by atoms with E-state index in [0.717, 1.165) is 18.3 Å². The third-order valence-corrected chi connectivity index (χ3v) is 4.59. The molecule has 0 saturated heterocycles. The summed E-state index contributed by atoms with van der Waals surface area (Å²) in [7, 11) is 0. The van der Waals surface area contributed by atoms with Gasteiger partial charge in [0.2, 0.25) is 0 Å². The minimum atomic E-state index is -0.127. The summed E-state index contributed by atoms with van der Waals surface area (Å²) in [6, 6.07) is 0. The van der Waals surface area contributed by atoms with Crippen molar-refractivity contribution >= 4 is 0 Å². The number of fused-ring (bicyclic) bond motifs is 1. The summed E-state index contributed by atoms with van der Waals surface area (Å²) in [5.74, 6) is 2.46. The largest absolute Gasteiger partial charge is 0.393 e. The zero-order chi connectivity index (χ0) is 10.7. The highest BCUT2D eigenvalue weighted by molar-refractivity contribution is 4.85. The monoisotopic (exact) mass is 211 g/mol. The molecule has 0 aromatic rings. The molecule has 0 aromatic heterocycles. The zero-order valence-corrected chi connectivity index (χ0v) is 9.70. The average Bonchev–Trinajstić information content (AvgIpc) is 2.29. The molecule has 0 bridgehead atoms. The molecule has 2 nitrogen and oxygen atoms in total. The SMILES string of the molecule is NCCC(O)C1CCC2CCCCC2C1. The van der Waals surface area contributed by atoms with Crippen molar-refractivity contribution in [3.8, 4) is 0 Å².